The zero-order valence-electron chi connectivity index (χ0n) is 24.4. The van der Waals surface area contributed by atoms with E-state index in [0.717, 1.165) is 29.3 Å². The monoisotopic (exact) mass is 602 g/mol. The molecule has 0 bridgehead atoms. The number of hydrogen-bond donors (Lipinski definition) is 0. The summed E-state index contributed by atoms with van der Waals surface area (Å²) in [5.74, 6) is 1.63. The normalized spacial score (nSPS) is 11.3. The molecule has 0 fully saturated rings. The number of para-hydroxylation sites is 1. The topological polar surface area (TPSA) is 30.3 Å². The number of nitrogens with zero attached hydrogens (tertiary/aromatic N) is 3. The molecule has 7 rings (SSSR count). The summed E-state index contributed by atoms with van der Waals surface area (Å²) in [5, 5.41) is 0. The minimum Gasteiger partial charge on any atom is -0.496 e. The van der Waals surface area contributed by atoms with Crippen LogP contribution in [0, 0.1) is 0 Å². The number of pyridine rings is 2. The fourth-order valence-electron chi connectivity index (χ4n) is 5.70. The number of aromatic nitrogens is 3. The number of aryl methyl sites for hydroxylation is 1. The number of methoxy groups -OCH3 is 2. The molecule has 4 aromatic heterocycles. The average molecular weight is 603 g/mol. The van der Waals surface area contributed by atoms with Gasteiger partial charge in [-0.05, 0) is 22.8 Å². The van der Waals surface area contributed by atoms with E-state index in [9.17, 15) is 0 Å². The maximum Gasteiger partial charge on any atom is 0.326 e. The smallest absolute Gasteiger partial charge is 0.326 e. The summed E-state index contributed by atoms with van der Waals surface area (Å²) in [6.45, 7) is 0.706. The van der Waals surface area contributed by atoms with Crippen LogP contribution in [-0.4, -0.2) is 14.2 Å². The fourth-order valence-corrected chi connectivity index (χ4v) is 8.17. The standard InChI is InChI=1S/C36H32N3O2S2/c1-37-18-16-27(40-2)21-33(37)34-22-28(41-3)17-19-38(34)23-26-11-5-7-13-31(26)30-12-6-4-10-25(30)20-29-24-39-32-14-8-9-15-35(32)43-36(39)42-29/h4-19,21-22,24H,20,23H2,1-3H3/q+3. The van der Waals surface area contributed by atoms with E-state index in [4.69, 9.17) is 9.47 Å². The predicted octanol–water partition coefficient (Wildman–Crippen LogP) is 6.80. The van der Waals surface area contributed by atoms with Crippen LogP contribution in [-0.2, 0) is 20.0 Å². The van der Waals surface area contributed by atoms with Crippen molar-refractivity contribution in [2.75, 3.05) is 14.2 Å². The minimum atomic E-state index is 0.706. The second-order valence-corrected chi connectivity index (χ2v) is 12.9. The van der Waals surface area contributed by atoms with Crippen LogP contribution in [0.3, 0.4) is 0 Å². The highest BCUT2D eigenvalue weighted by Gasteiger charge is 2.25. The number of ether oxygens (including phenoxy) is 2. The molecule has 7 aromatic rings. The lowest BCUT2D eigenvalue weighted by molar-refractivity contribution is -0.699. The molecule has 4 heterocycles. The molecule has 3 aromatic carbocycles. The first-order chi connectivity index (χ1) is 21.1. The maximum atomic E-state index is 5.63. The summed E-state index contributed by atoms with van der Waals surface area (Å²) in [4.78, 5) is 1.36. The fraction of sp³-hybridized carbons (Fsp3) is 0.139. The molecule has 5 nitrogen and oxygen atoms in total. The first-order valence-electron chi connectivity index (χ1n) is 14.2. The van der Waals surface area contributed by atoms with Crippen LogP contribution in [0.15, 0.2) is 116 Å². The SMILES string of the molecule is COc1cc[n+](C)c(-c2cc(OC)cc[n+]2Cc2ccccc2-c2ccccc2Cc2c[n+]3c(s2)sc2ccccc23)c1. The Morgan fingerprint density at radius 1 is 0.674 bits per heavy atom. The molecule has 0 aliphatic heterocycles. The van der Waals surface area contributed by atoms with Crippen molar-refractivity contribution < 1.29 is 23.0 Å². The van der Waals surface area contributed by atoms with Crippen LogP contribution in [0.25, 0.3) is 36.9 Å². The third kappa shape index (κ3) is 5.26. The van der Waals surface area contributed by atoms with Gasteiger partial charge in [-0.1, -0.05) is 83.3 Å². The Balaban J connectivity index is 1.27. The first-order valence-corrected chi connectivity index (χ1v) is 15.8. The Labute approximate surface area is 259 Å². The maximum absolute atomic E-state index is 5.63. The summed E-state index contributed by atoms with van der Waals surface area (Å²) >= 11 is 3.75. The Hall–Kier alpha value is -4.59. The van der Waals surface area contributed by atoms with Crippen LogP contribution in [0.4, 0.5) is 0 Å². The zero-order chi connectivity index (χ0) is 29.3. The predicted molar refractivity (Wildman–Crippen MR) is 173 cm³/mol. The minimum absolute atomic E-state index is 0.706. The summed E-state index contributed by atoms with van der Waals surface area (Å²) in [6.07, 6.45) is 7.34. The molecule has 0 aliphatic rings. The van der Waals surface area contributed by atoms with Crippen molar-refractivity contribution in [1.82, 2.24) is 0 Å². The van der Waals surface area contributed by atoms with Gasteiger partial charge in [0, 0.05) is 30.2 Å². The van der Waals surface area contributed by atoms with E-state index in [1.807, 2.05) is 41.0 Å². The van der Waals surface area contributed by atoms with E-state index in [2.05, 4.69) is 118 Å². The molecule has 212 valence electrons. The number of thiazole rings is 2. The average Bonchev–Trinajstić information content (AvgIpc) is 3.59. The molecule has 0 saturated carbocycles. The van der Waals surface area contributed by atoms with Gasteiger partial charge in [-0.15, -0.1) is 4.40 Å². The van der Waals surface area contributed by atoms with Crippen LogP contribution < -0.4 is 23.0 Å². The molecule has 0 radical (unpaired) electrons. The Bertz CT molecular complexity index is 2100. The van der Waals surface area contributed by atoms with Gasteiger partial charge in [-0.25, -0.2) is 0 Å². The van der Waals surface area contributed by atoms with Crippen LogP contribution >= 0.6 is 22.7 Å². The lowest BCUT2D eigenvalue weighted by Gasteiger charge is -2.13. The van der Waals surface area contributed by atoms with E-state index >= 15 is 0 Å². The Kier molecular flexibility index (Phi) is 7.35. The molecule has 43 heavy (non-hydrogen) atoms. The van der Waals surface area contributed by atoms with Crippen molar-refractivity contribution in [2.24, 2.45) is 7.05 Å². The van der Waals surface area contributed by atoms with Crippen molar-refractivity contribution in [3.05, 3.63) is 132 Å². The van der Waals surface area contributed by atoms with Gasteiger partial charge in [0.05, 0.1) is 31.2 Å². The molecule has 0 unspecified atom stereocenters. The quantitative estimate of drug-likeness (QED) is 0.179. The van der Waals surface area contributed by atoms with Gasteiger partial charge >= 0.3 is 4.14 Å². The van der Waals surface area contributed by atoms with E-state index in [0.29, 0.717) is 6.54 Å². The van der Waals surface area contributed by atoms with Gasteiger partial charge in [0.25, 0.3) is 11.4 Å². The van der Waals surface area contributed by atoms with E-state index in [1.54, 1.807) is 14.2 Å². The van der Waals surface area contributed by atoms with Crippen molar-refractivity contribution in [2.45, 2.75) is 13.0 Å². The number of hydrogen-bond acceptors (Lipinski definition) is 4. The van der Waals surface area contributed by atoms with Crippen molar-refractivity contribution in [3.8, 4) is 34.0 Å². The summed E-state index contributed by atoms with van der Waals surface area (Å²) in [7, 11) is 5.46. The van der Waals surface area contributed by atoms with E-state index in [1.165, 1.54) is 41.5 Å². The molecule has 0 atom stereocenters. The molecular formula is C36H32N3O2S2+3. The molecule has 0 aliphatic carbocycles. The highest BCUT2D eigenvalue weighted by Crippen LogP contribution is 2.32. The third-order valence-corrected chi connectivity index (χ3v) is 10.2. The second-order valence-electron chi connectivity index (χ2n) is 10.5. The molecule has 7 heteroatoms. The van der Waals surface area contributed by atoms with Gasteiger partial charge < -0.3 is 9.47 Å². The lowest BCUT2D eigenvalue weighted by atomic mass is 9.93. The zero-order valence-corrected chi connectivity index (χ0v) is 26.0. The van der Waals surface area contributed by atoms with Crippen LogP contribution in [0.5, 0.6) is 11.5 Å². The molecule has 0 saturated heterocycles. The van der Waals surface area contributed by atoms with Gasteiger partial charge in [0.1, 0.15) is 23.2 Å². The molecular weight excluding hydrogens is 571 g/mol. The molecule has 0 amide bonds. The van der Waals surface area contributed by atoms with E-state index < -0.39 is 0 Å². The van der Waals surface area contributed by atoms with Crippen molar-refractivity contribution in [3.63, 3.8) is 0 Å². The third-order valence-electron chi connectivity index (χ3n) is 7.90. The highest BCUT2D eigenvalue weighted by molar-refractivity contribution is 7.38. The van der Waals surface area contributed by atoms with Crippen molar-refractivity contribution in [1.29, 1.82) is 0 Å². The van der Waals surface area contributed by atoms with Gasteiger partial charge in [-0.3, -0.25) is 0 Å². The molecule has 0 N–H and O–H groups in total. The Morgan fingerprint density at radius 2 is 1.33 bits per heavy atom. The molecule has 0 spiro atoms. The summed E-state index contributed by atoms with van der Waals surface area (Å²) in [6, 6.07) is 34.4. The summed E-state index contributed by atoms with van der Waals surface area (Å²) in [5.41, 5.74) is 8.47. The first kappa shape index (κ1) is 27.3. The van der Waals surface area contributed by atoms with Crippen molar-refractivity contribution >= 4 is 37.0 Å². The number of rotatable bonds is 8. The summed E-state index contributed by atoms with van der Waals surface area (Å²) < 4.78 is 20.6. The van der Waals surface area contributed by atoms with E-state index in [-0.39, 0.29) is 0 Å². The highest BCUT2D eigenvalue weighted by atomic mass is 32.2. The second kappa shape index (κ2) is 11.6. The largest absolute Gasteiger partial charge is 0.496 e. The van der Waals surface area contributed by atoms with Gasteiger partial charge in [0.15, 0.2) is 25.1 Å². The van der Waals surface area contributed by atoms with Crippen LogP contribution in [0.2, 0.25) is 0 Å². The van der Waals surface area contributed by atoms with Gasteiger partial charge in [0.2, 0.25) is 5.52 Å². The van der Waals surface area contributed by atoms with Gasteiger partial charge in [-0.2, -0.15) is 9.13 Å². The number of benzene rings is 3. The Morgan fingerprint density at radius 3 is 2.12 bits per heavy atom. The lowest BCUT2D eigenvalue weighted by Crippen LogP contribution is -2.41. The number of fused-ring (bicyclic) bond motifs is 3. The van der Waals surface area contributed by atoms with Crippen LogP contribution in [0.1, 0.15) is 16.0 Å².